The van der Waals surface area contributed by atoms with Crippen molar-refractivity contribution >= 4 is 33.6 Å². The van der Waals surface area contributed by atoms with Gasteiger partial charge < -0.3 is 20.3 Å². The summed E-state index contributed by atoms with van der Waals surface area (Å²) in [6.45, 7) is 4.09. The average molecular weight is 380 g/mol. The summed E-state index contributed by atoms with van der Waals surface area (Å²) in [6.07, 6.45) is 1.66. The summed E-state index contributed by atoms with van der Waals surface area (Å²) in [5.74, 6) is -0.550. The van der Waals surface area contributed by atoms with Crippen LogP contribution in [0.3, 0.4) is 0 Å². The van der Waals surface area contributed by atoms with Crippen molar-refractivity contribution in [2.75, 3.05) is 13.2 Å². The van der Waals surface area contributed by atoms with Gasteiger partial charge in [0, 0.05) is 22.8 Å². The number of hydrogen-bond donors (Lipinski definition) is 3. The normalized spacial score (nSPS) is 18.0. The van der Waals surface area contributed by atoms with Crippen molar-refractivity contribution in [2.24, 2.45) is 0 Å². The van der Waals surface area contributed by atoms with Gasteiger partial charge in [-0.1, -0.05) is 18.2 Å². The van der Waals surface area contributed by atoms with Crippen LogP contribution in [-0.2, 0) is 4.79 Å². The van der Waals surface area contributed by atoms with Gasteiger partial charge in [0.25, 0.3) is 5.91 Å². The second-order valence-corrected chi connectivity index (χ2v) is 7.39. The van der Waals surface area contributed by atoms with E-state index in [2.05, 4.69) is 15.3 Å². The molecule has 0 bridgehead atoms. The molecule has 0 spiro atoms. The fraction of sp³-hybridized carbons (Fsp3) is 0.381. The molecule has 0 saturated carbocycles. The third-order valence-corrected chi connectivity index (χ3v) is 5.50. The van der Waals surface area contributed by atoms with Gasteiger partial charge in [-0.3, -0.25) is 9.59 Å². The highest BCUT2D eigenvalue weighted by molar-refractivity contribution is 6.10. The average Bonchev–Trinajstić information content (AvgIpc) is 3.32. The lowest BCUT2D eigenvalue weighted by Crippen LogP contribution is -2.49. The van der Waals surface area contributed by atoms with Crippen LogP contribution in [0.5, 0.6) is 0 Å². The van der Waals surface area contributed by atoms with Crippen LogP contribution >= 0.6 is 0 Å². The molecule has 0 aliphatic carbocycles. The summed E-state index contributed by atoms with van der Waals surface area (Å²) in [4.78, 5) is 34.9. The van der Waals surface area contributed by atoms with E-state index in [-0.39, 0.29) is 30.2 Å². The van der Waals surface area contributed by atoms with Gasteiger partial charge in [0.05, 0.1) is 23.9 Å². The number of rotatable bonds is 4. The Hall–Kier alpha value is -2.93. The zero-order valence-corrected chi connectivity index (χ0v) is 16.0. The smallest absolute Gasteiger partial charge is 0.270 e. The molecular formula is C21H24N4O3. The summed E-state index contributed by atoms with van der Waals surface area (Å²) in [5.41, 5.74) is 2.92. The highest BCUT2D eigenvalue weighted by atomic mass is 16.3. The molecule has 7 nitrogen and oxygen atoms in total. The molecule has 28 heavy (non-hydrogen) atoms. The van der Waals surface area contributed by atoms with Crippen LogP contribution in [0.15, 0.2) is 30.3 Å². The van der Waals surface area contributed by atoms with E-state index in [1.165, 1.54) is 0 Å². The van der Waals surface area contributed by atoms with E-state index >= 15 is 0 Å². The zero-order valence-electron chi connectivity index (χ0n) is 16.0. The van der Waals surface area contributed by atoms with Crippen molar-refractivity contribution in [1.82, 2.24) is 20.2 Å². The van der Waals surface area contributed by atoms with Gasteiger partial charge in [-0.15, -0.1) is 0 Å². The number of aryl methyl sites for hydroxylation is 1. The number of nitrogens with one attached hydrogen (secondary N) is 2. The highest BCUT2D eigenvalue weighted by Crippen LogP contribution is 2.27. The van der Waals surface area contributed by atoms with Crippen molar-refractivity contribution < 1.29 is 14.7 Å². The summed E-state index contributed by atoms with van der Waals surface area (Å²) in [6, 6.07) is 8.83. The Labute approximate surface area is 162 Å². The number of fused-ring (bicyclic) bond motifs is 3. The molecule has 1 aliphatic heterocycles. The number of carbonyl (C=O) groups is 2. The molecule has 2 aromatic heterocycles. The summed E-state index contributed by atoms with van der Waals surface area (Å²) in [7, 11) is 0. The number of aliphatic hydroxyl groups excluding tert-OH is 1. The first-order chi connectivity index (χ1) is 13.5. The minimum atomic E-state index is -0.680. The standard InChI is InChI=1S/C21H24N4O3/c1-12-19-16(15-7-3-4-8-17(15)24-19)10-18(22-12)20(27)23-13(2)21(28)25-9-5-6-14(25)11-26/h3-4,7-8,10,13-14,24,26H,5-6,9,11H2,1-2H3,(H,23,27)/t13-,14-/m0/s1. The predicted molar refractivity (Wildman–Crippen MR) is 107 cm³/mol. The quantitative estimate of drug-likeness (QED) is 0.646. The number of para-hydroxylation sites is 1. The topological polar surface area (TPSA) is 98.3 Å². The van der Waals surface area contributed by atoms with E-state index < -0.39 is 6.04 Å². The van der Waals surface area contributed by atoms with E-state index in [1.807, 2.05) is 31.2 Å². The number of pyridine rings is 1. The lowest BCUT2D eigenvalue weighted by atomic mass is 10.1. The van der Waals surface area contributed by atoms with Crippen LogP contribution in [0.1, 0.15) is 35.9 Å². The Morgan fingerprint density at radius 2 is 2.14 bits per heavy atom. The molecule has 7 heteroatoms. The number of aliphatic hydroxyl groups is 1. The number of aromatic amines is 1. The Balaban J connectivity index is 1.58. The number of H-pyrrole nitrogens is 1. The van der Waals surface area contributed by atoms with Crippen molar-refractivity contribution in [1.29, 1.82) is 0 Å². The van der Waals surface area contributed by atoms with E-state index in [9.17, 15) is 14.7 Å². The summed E-state index contributed by atoms with van der Waals surface area (Å²) >= 11 is 0. The first-order valence-corrected chi connectivity index (χ1v) is 9.60. The first-order valence-electron chi connectivity index (χ1n) is 9.60. The molecule has 3 aromatic rings. The minimum Gasteiger partial charge on any atom is -0.394 e. The number of nitrogens with zero attached hydrogens (tertiary/aromatic N) is 2. The second kappa shape index (κ2) is 7.24. The SMILES string of the molecule is Cc1nc(C(=O)N[C@@H](C)C(=O)N2CCC[C@H]2CO)cc2c1[nH]c1ccccc12. The molecule has 0 radical (unpaired) electrons. The summed E-state index contributed by atoms with van der Waals surface area (Å²) in [5, 5.41) is 14.2. The fourth-order valence-corrected chi connectivity index (χ4v) is 4.02. The molecule has 2 atom stereocenters. The van der Waals surface area contributed by atoms with Crippen LogP contribution in [0.4, 0.5) is 0 Å². The van der Waals surface area contributed by atoms with Crippen LogP contribution in [0.2, 0.25) is 0 Å². The van der Waals surface area contributed by atoms with E-state index in [1.54, 1.807) is 17.9 Å². The van der Waals surface area contributed by atoms with E-state index in [0.29, 0.717) is 6.54 Å². The Kier molecular flexibility index (Phi) is 4.77. The maximum absolute atomic E-state index is 12.8. The molecule has 0 unspecified atom stereocenters. The van der Waals surface area contributed by atoms with Crippen LogP contribution in [0.25, 0.3) is 21.8 Å². The van der Waals surface area contributed by atoms with Crippen molar-refractivity contribution in [3.63, 3.8) is 0 Å². The Morgan fingerprint density at radius 3 is 2.93 bits per heavy atom. The third kappa shape index (κ3) is 3.11. The Bertz CT molecular complexity index is 1060. The predicted octanol–water partition coefficient (Wildman–Crippen LogP) is 2.13. The first kappa shape index (κ1) is 18.4. The summed E-state index contributed by atoms with van der Waals surface area (Å²) < 4.78 is 0. The van der Waals surface area contributed by atoms with Gasteiger partial charge in [0.1, 0.15) is 11.7 Å². The van der Waals surface area contributed by atoms with Crippen LogP contribution in [0, 0.1) is 6.92 Å². The lowest BCUT2D eigenvalue weighted by Gasteiger charge is -2.26. The number of benzene rings is 1. The lowest BCUT2D eigenvalue weighted by molar-refractivity contribution is -0.134. The van der Waals surface area contributed by atoms with Crippen molar-refractivity contribution in [3.05, 3.63) is 41.7 Å². The molecule has 4 rings (SSSR count). The molecule has 3 heterocycles. The van der Waals surface area contributed by atoms with Gasteiger partial charge >= 0.3 is 0 Å². The minimum absolute atomic E-state index is 0.0512. The highest BCUT2D eigenvalue weighted by Gasteiger charge is 2.31. The number of aromatic nitrogens is 2. The van der Waals surface area contributed by atoms with Crippen molar-refractivity contribution in [2.45, 2.75) is 38.8 Å². The molecule has 1 aliphatic rings. The van der Waals surface area contributed by atoms with Gasteiger partial charge in [-0.05, 0) is 38.8 Å². The number of amides is 2. The van der Waals surface area contributed by atoms with Gasteiger partial charge in [0.2, 0.25) is 5.91 Å². The molecule has 1 aromatic carbocycles. The number of likely N-dealkylation sites (tertiary alicyclic amines) is 1. The zero-order chi connectivity index (χ0) is 19.8. The molecule has 1 fully saturated rings. The van der Waals surface area contributed by atoms with Gasteiger partial charge in [-0.2, -0.15) is 0 Å². The monoisotopic (exact) mass is 380 g/mol. The Morgan fingerprint density at radius 1 is 1.36 bits per heavy atom. The second-order valence-electron chi connectivity index (χ2n) is 7.39. The molecule has 3 N–H and O–H groups in total. The van der Waals surface area contributed by atoms with Crippen LogP contribution in [-0.4, -0.2) is 57.0 Å². The maximum atomic E-state index is 12.8. The van der Waals surface area contributed by atoms with Gasteiger partial charge in [-0.25, -0.2) is 4.98 Å². The number of carbonyl (C=O) groups excluding carboxylic acids is 2. The largest absolute Gasteiger partial charge is 0.394 e. The maximum Gasteiger partial charge on any atom is 0.270 e. The molecule has 1 saturated heterocycles. The third-order valence-electron chi connectivity index (χ3n) is 5.50. The number of hydrogen-bond acceptors (Lipinski definition) is 4. The van der Waals surface area contributed by atoms with E-state index in [4.69, 9.17) is 0 Å². The fourth-order valence-electron chi connectivity index (χ4n) is 4.02. The molecule has 146 valence electrons. The molecular weight excluding hydrogens is 356 g/mol. The van der Waals surface area contributed by atoms with Gasteiger partial charge in [0.15, 0.2) is 0 Å². The molecule has 2 amide bonds. The van der Waals surface area contributed by atoms with Crippen LogP contribution < -0.4 is 5.32 Å². The van der Waals surface area contributed by atoms with E-state index in [0.717, 1.165) is 40.3 Å². The van der Waals surface area contributed by atoms with Crippen molar-refractivity contribution in [3.8, 4) is 0 Å².